The number of hydrogen-bond acceptors (Lipinski definition) is 1. The van der Waals surface area contributed by atoms with Crippen LogP contribution in [0.15, 0.2) is 0 Å². The third kappa shape index (κ3) is 2.25. The van der Waals surface area contributed by atoms with Crippen molar-refractivity contribution in [3.63, 3.8) is 0 Å². The summed E-state index contributed by atoms with van der Waals surface area (Å²) in [6.07, 6.45) is 4.04. The highest BCUT2D eigenvalue weighted by Crippen LogP contribution is 2.47. The molecule has 0 saturated heterocycles. The molecule has 0 aromatic rings. The molecule has 0 heterocycles. The predicted octanol–water partition coefficient (Wildman–Crippen LogP) is 3.08. The first-order valence-corrected chi connectivity index (χ1v) is 5.60. The van der Waals surface area contributed by atoms with Crippen LogP contribution in [0.2, 0.25) is 0 Å². The molecule has 1 N–H and O–H groups in total. The Morgan fingerprint density at radius 3 is 2.54 bits per heavy atom. The maximum Gasteiger partial charge on any atom is 0.0459 e. The van der Waals surface area contributed by atoms with E-state index in [1.54, 1.807) is 0 Å². The number of aliphatic hydroxyl groups excluding tert-OH is 1. The zero-order valence-corrected chi connectivity index (χ0v) is 9.51. The van der Waals surface area contributed by atoms with Gasteiger partial charge < -0.3 is 5.11 Å². The second kappa shape index (κ2) is 4.00. The van der Waals surface area contributed by atoms with Gasteiger partial charge in [-0.15, -0.1) is 0 Å². The fraction of sp³-hybridized carbons (Fsp3) is 1.00. The third-order valence-electron chi connectivity index (χ3n) is 3.90. The Bertz CT molecular complexity index is 159. The highest BCUT2D eigenvalue weighted by atomic mass is 16.3. The highest BCUT2D eigenvalue weighted by Gasteiger charge is 2.39. The van der Waals surface area contributed by atoms with Gasteiger partial charge in [0.25, 0.3) is 0 Å². The lowest BCUT2D eigenvalue weighted by Gasteiger charge is -2.45. The average molecular weight is 184 g/mol. The molecular weight excluding hydrogens is 160 g/mol. The zero-order chi connectivity index (χ0) is 10.1. The van der Waals surface area contributed by atoms with E-state index >= 15 is 0 Å². The molecule has 0 aromatic carbocycles. The molecule has 1 heteroatoms. The standard InChI is InChI=1S/C12H24O/c1-9-6-5-7-12(3,4)11(9)10(2)8-13/h9-11,13H,5-8H2,1-4H3. The minimum Gasteiger partial charge on any atom is -0.396 e. The molecule has 3 atom stereocenters. The topological polar surface area (TPSA) is 20.2 Å². The summed E-state index contributed by atoms with van der Waals surface area (Å²) in [4.78, 5) is 0. The van der Waals surface area contributed by atoms with E-state index in [1.165, 1.54) is 19.3 Å². The van der Waals surface area contributed by atoms with E-state index in [9.17, 15) is 5.11 Å². The zero-order valence-electron chi connectivity index (χ0n) is 9.51. The van der Waals surface area contributed by atoms with Gasteiger partial charge in [0.15, 0.2) is 0 Å². The molecular formula is C12H24O. The van der Waals surface area contributed by atoms with Crippen LogP contribution >= 0.6 is 0 Å². The summed E-state index contributed by atoms with van der Waals surface area (Å²) in [6.45, 7) is 9.60. The maximum atomic E-state index is 9.24. The van der Waals surface area contributed by atoms with Crippen molar-refractivity contribution in [1.29, 1.82) is 0 Å². The van der Waals surface area contributed by atoms with Crippen LogP contribution in [0.4, 0.5) is 0 Å². The molecule has 0 aromatic heterocycles. The Morgan fingerprint density at radius 1 is 1.46 bits per heavy atom. The smallest absolute Gasteiger partial charge is 0.0459 e. The minimum atomic E-state index is 0.346. The number of aliphatic hydroxyl groups is 1. The van der Waals surface area contributed by atoms with E-state index in [1.807, 2.05) is 0 Å². The average Bonchev–Trinajstić information content (AvgIpc) is 2.02. The summed E-state index contributed by atoms with van der Waals surface area (Å²) in [7, 11) is 0. The monoisotopic (exact) mass is 184 g/mol. The lowest BCUT2D eigenvalue weighted by molar-refractivity contribution is 0.0165. The Kier molecular flexibility index (Phi) is 3.39. The van der Waals surface area contributed by atoms with E-state index in [0.717, 1.165) is 5.92 Å². The van der Waals surface area contributed by atoms with Gasteiger partial charge in [-0.3, -0.25) is 0 Å². The molecule has 0 aliphatic heterocycles. The van der Waals surface area contributed by atoms with Gasteiger partial charge in [-0.1, -0.05) is 40.5 Å². The SMILES string of the molecule is CC(CO)C1C(C)CCCC1(C)C. The fourth-order valence-corrected chi connectivity index (χ4v) is 3.44. The Hall–Kier alpha value is -0.0400. The molecule has 1 saturated carbocycles. The van der Waals surface area contributed by atoms with E-state index in [0.29, 0.717) is 23.9 Å². The largest absolute Gasteiger partial charge is 0.396 e. The van der Waals surface area contributed by atoms with Crippen LogP contribution in [0.3, 0.4) is 0 Å². The molecule has 1 nitrogen and oxygen atoms in total. The maximum absolute atomic E-state index is 9.24. The molecule has 1 fully saturated rings. The molecule has 0 bridgehead atoms. The van der Waals surface area contributed by atoms with Crippen molar-refractivity contribution in [2.75, 3.05) is 6.61 Å². The molecule has 1 rings (SSSR count). The van der Waals surface area contributed by atoms with Gasteiger partial charge in [0.1, 0.15) is 0 Å². The summed E-state index contributed by atoms with van der Waals surface area (Å²) in [5.74, 6) is 1.95. The van der Waals surface area contributed by atoms with Gasteiger partial charge in [0.2, 0.25) is 0 Å². The Morgan fingerprint density at radius 2 is 2.08 bits per heavy atom. The van der Waals surface area contributed by atoms with Crippen LogP contribution in [0.5, 0.6) is 0 Å². The van der Waals surface area contributed by atoms with Gasteiger partial charge in [-0.05, 0) is 29.6 Å². The van der Waals surface area contributed by atoms with Gasteiger partial charge in [-0.2, -0.15) is 0 Å². The third-order valence-corrected chi connectivity index (χ3v) is 3.90. The number of rotatable bonds is 2. The van der Waals surface area contributed by atoms with E-state index in [4.69, 9.17) is 0 Å². The molecule has 3 unspecified atom stereocenters. The van der Waals surface area contributed by atoms with Crippen molar-refractivity contribution >= 4 is 0 Å². The van der Waals surface area contributed by atoms with Crippen molar-refractivity contribution in [2.45, 2.75) is 47.0 Å². The summed E-state index contributed by atoms with van der Waals surface area (Å²) >= 11 is 0. The van der Waals surface area contributed by atoms with Gasteiger partial charge in [0.05, 0.1) is 0 Å². The van der Waals surface area contributed by atoms with Crippen molar-refractivity contribution in [3.8, 4) is 0 Å². The molecule has 1 aliphatic rings. The van der Waals surface area contributed by atoms with Crippen LogP contribution in [-0.4, -0.2) is 11.7 Å². The van der Waals surface area contributed by atoms with Gasteiger partial charge >= 0.3 is 0 Å². The first-order chi connectivity index (χ1) is 5.99. The van der Waals surface area contributed by atoms with Crippen LogP contribution < -0.4 is 0 Å². The molecule has 0 amide bonds. The van der Waals surface area contributed by atoms with Crippen molar-refractivity contribution in [1.82, 2.24) is 0 Å². The first kappa shape index (κ1) is 11.0. The molecule has 0 spiro atoms. The summed E-state index contributed by atoms with van der Waals surface area (Å²) in [5, 5.41) is 9.24. The molecule has 0 radical (unpaired) electrons. The van der Waals surface area contributed by atoms with Crippen LogP contribution in [0.25, 0.3) is 0 Å². The lowest BCUT2D eigenvalue weighted by Crippen LogP contribution is -2.39. The van der Waals surface area contributed by atoms with E-state index in [2.05, 4.69) is 27.7 Å². The summed E-state index contributed by atoms with van der Waals surface area (Å²) in [5.41, 5.74) is 0.430. The molecule has 78 valence electrons. The quantitative estimate of drug-likeness (QED) is 0.699. The van der Waals surface area contributed by atoms with E-state index < -0.39 is 0 Å². The summed E-state index contributed by atoms with van der Waals surface area (Å²) in [6, 6.07) is 0. The normalized spacial score (nSPS) is 35.8. The number of hydrogen-bond donors (Lipinski definition) is 1. The molecule has 13 heavy (non-hydrogen) atoms. The predicted molar refractivity (Wildman–Crippen MR) is 56.5 cm³/mol. The minimum absolute atomic E-state index is 0.346. The second-order valence-electron chi connectivity index (χ2n) is 5.54. The summed E-state index contributed by atoms with van der Waals surface area (Å²) < 4.78 is 0. The Balaban J connectivity index is 2.74. The van der Waals surface area contributed by atoms with Crippen molar-refractivity contribution in [2.24, 2.45) is 23.2 Å². The van der Waals surface area contributed by atoms with Crippen LogP contribution in [0.1, 0.15) is 47.0 Å². The lowest BCUT2D eigenvalue weighted by atomic mass is 9.60. The van der Waals surface area contributed by atoms with Crippen molar-refractivity contribution in [3.05, 3.63) is 0 Å². The first-order valence-electron chi connectivity index (χ1n) is 5.60. The van der Waals surface area contributed by atoms with Crippen LogP contribution in [-0.2, 0) is 0 Å². The van der Waals surface area contributed by atoms with Gasteiger partial charge in [-0.25, -0.2) is 0 Å². The van der Waals surface area contributed by atoms with E-state index in [-0.39, 0.29) is 0 Å². The Labute approximate surface area is 82.5 Å². The second-order valence-corrected chi connectivity index (χ2v) is 5.54. The van der Waals surface area contributed by atoms with Gasteiger partial charge in [0, 0.05) is 6.61 Å². The van der Waals surface area contributed by atoms with Crippen molar-refractivity contribution < 1.29 is 5.11 Å². The highest BCUT2D eigenvalue weighted by molar-refractivity contribution is 4.88. The van der Waals surface area contributed by atoms with Crippen LogP contribution in [0, 0.1) is 23.2 Å². The fourth-order valence-electron chi connectivity index (χ4n) is 3.44. The molecule has 1 aliphatic carbocycles.